The minimum Gasteiger partial charge on any atom is -0.447 e. The number of hydrogen-bond donors (Lipinski definition) is 0. The molecule has 0 spiro atoms. The summed E-state index contributed by atoms with van der Waals surface area (Å²) in [5, 5.41) is 0.330. The number of para-hydroxylation sites is 2. The van der Waals surface area contributed by atoms with E-state index in [1.165, 1.54) is 12.1 Å². The number of fused-ring (bicyclic) bond motifs is 2. The normalized spacial score (nSPS) is 21.4. The minimum atomic E-state index is -0.841. The molecular formula is C30H28ClF2N3O3. The van der Waals surface area contributed by atoms with E-state index in [4.69, 9.17) is 30.8 Å². The van der Waals surface area contributed by atoms with Crippen LogP contribution >= 0.6 is 11.6 Å². The Bertz CT molecular complexity index is 1530. The Morgan fingerprint density at radius 1 is 0.923 bits per heavy atom. The Morgan fingerprint density at radius 2 is 1.74 bits per heavy atom. The van der Waals surface area contributed by atoms with Gasteiger partial charge in [0.1, 0.15) is 23.0 Å². The molecule has 3 aliphatic rings. The van der Waals surface area contributed by atoms with Gasteiger partial charge in [-0.25, -0.2) is 13.8 Å². The van der Waals surface area contributed by atoms with Gasteiger partial charge in [0, 0.05) is 17.2 Å². The molecule has 0 bridgehead atoms. The Balaban J connectivity index is 1.06. The highest BCUT2D eigenvalue weighted by Crippen LogP contribution is 2.47. The lowest BCUT2D eigenvalue weighted by Gasteiger charge is -2.33. The van der Waals surface area contributed by atoms with Crippen LogP contribution in [-0.2, 0) is 17.8 Å². The fraction of sp³-hybridized carbons (Fsp3) is 0.367. The quantitative estimate of drug-likeness (QED) is 0.270. The topological polar surface area (TPSA) is 48.8 Å². The summed E-state index contributed by atoms with van der Waals surface area (Å²) < 4.78 is 49.1. The first-order valence-electron chi connectivity index (χ1n) is 13.4. The molecule has 0 saturated carbocycles. The highest BCUT2D eigenvalue weighted by molar-refractivity contribution is 6.30. The van der Waals surface area contributed by atoms with E-state index in [2.05, 4.69) is 11.0 Å². The van der Waals surface area contributed by atoms with Crippen molar-refractivity contribution in [3.8, 4) is 11.5 Å². The van der Waals surface area contributed by atoms with Gasteiger partial charge in [-0.1, -0.05) is 29.8 Å². The van der Waals surface area contributed by atoms with Crippen LogP contribution in [0.4, 0.5) is 8.78 Å². The highest BCUT2D eigenvalue weighted by Gasteiger charge is 2.33. The zero-order valence-electron chi connectivity index (χ0n) is 21.3. The fourth-order valence-electron chi connectivity index (χ4n) is 5.88. The molecule has 1 aromatic heterocycles. The third kappa shape index (κ3) is 4.64. The molecule has 9 heteroatoms. The first-order chi connectivity index (χ1) is 19.0. The van der Waals surface area contributed by atoms with Crippen molar-refractivity contribution in [2.24, 2.45) is 0 Å². The van der Waals surface area contributed by atoms with E-state index >= 15 is 0 Å². The number of imidazole rings is 1. The predicted molar refractivity (Wildman–Crippen MR) is 143 cm³/mol. The lowest BCUT2D eigenvalue weighted by Crippen LogP contribution is -2.35. The summed E-state index contributed by atoms with van der Waals surface area (Å²) >= 11 is 5.92. The lowest BCUT2D eigenvalue weighted by molar-refractivity contribution is -0.0592. The number of halogens is 3. The maximum absolute atomic E-state index is 14.8. The Hall–Kier alpha value is -3.20. The molecule has 3 aromatic carbocycles. The third-order valence-electron chi connectivity index (χ3n) is 8.05. The number of nitrogens with zero attached hydrogens (tertiary/aromatic N) is 3. The zero-order valence-corrected chi connectivity index (χ0v) is 22.0. The summed E-state index contributed by atoms with van der Waals surface area (Å²) in [5.74, 6) is 1.77. The summed E-state index contributed by atoms with van der Waals surface area (Å²) in [5.41, 5.74) is 2.65. The van der Waals surface area contributed by atoms with Crippen LogP contribution in [0.5, 0.6) is 11.5 Å². The van der Waals surface area contributed by atoms with E-state index in [9.17, 15) is 8.78 Å². The third-order valence-corrected chi connectivity index (χ3v) is 8.29. The van der Waals surface area contributed by atoms with E-state index in [1.54, 1.807) is 18.2 Å². The van der Waals surface area contributed by atoms with Crippen LogP contribution in [0.25, 0.3) is 11.0 Å². The van der Waals surface area contributed by atoms with Gasteiger partial charge >= 0.3 is 0 Å². The molecule has 0 unspecified atom stereocenters. The minimum absolute atomic E-state index is 0.110. The summed E-state index contributed by atoms with van der Waals surface area (Å²) in [7, 11) is 0. The second kappa shape index (κ2) is 10.1. The maximum atomic E-state index is 14.8. The van der Waals surface area contributed by atoms with E-state index < -0.39 is 12.1 Å². The Kier molecular flexibility index (Phi) is 6.41. The number of likely N-dealkylation sites (tertiary alicyclic amines) is 1. The lowest BCUT2D eigenvalue weighted by atomic mass is 9.88. The average Bonchev–Trinajstić information content (AvgIpc) is 3.48. The molecule has 2 atom stereocenters. The van der Waals surface area contributed by atoms with Crippen LogP contribution in [0.2, 0.25) is 5.02 Å². The van der Waals surface area contributed by atoms with Gasteiger partial charge in [0.15, 0.2) is 11.5 Å². The molecule has 39 heavy (non-hydrogen) atoms. The molecule has 2 fully saturated rings. The average molecular weight is 552 g/mol. The summed E-state index contributed by atoms with van der Waals surface area (Å²) in [6.45, 7) is 3.77. The molecule has 7 rings (SSSR count). The molecule has 0 aliphatic carbocycles. The standard InChI is InChI=1S/C30H28ClF2N3O3/c31-19-7-8-22(24(33)15-19)30-38-26-6-1-3-21(29(26)39-30)18-9-12-35(13-10-18)17-27-34-25-5-2-4-23(32)28(25)36(27)16-20-11-14-37-20/h1-8,15,18,20,30H,9-14,16-17H2/t20-,30-/m0/s1. The van der Waals surface area contributed by atoms with Gasteiger partial charge < -0.3 is 18.8 Å². The van der Waals surface area contributed by atoms with Crippen LogP contribution in [-0.4, -0.2) is 40.3 Å². The monoisotopic (exact) mass is 551 g/mol. The first kappa shape index (κ1) is 24.8. The summed E-state index contributed by atoms with van der Waals surface area (Å²) in [4.78, 5) is 7.18. The van der Waals surface area contributed by atoms with Gasteiger partial charge in [-0.15, -0.1) is 0 Å². The van der Waals surface area contributed by atoms with Crippen molar-refractivity contribution in [1.82, 2.24) is 14.5 Å². The smallest absolute Gasteiger partial charge is 0.270 e. The van der Waals surface area contributed by atoms with Crippen LogP contribution in [0.3, 0.4) is 0 Å². The molecule has 202 valence electrons. The van der Waals surface area contributed by atoms with Crippen molar-refractivity contribution in [2.45, 2.75) is 50.7 Å². The number of aromatic nitrogens is 2. The molecule has 2 saturated heterocycles. The van der Waals surface area contributed by atoms with Crippen molar-refractivity contribution < 1.29 is 23.0 Å². The Morgan fingerprint density at radius 3 is 2.51 bits per heavy atom. The van der Waals surface area contributed by atoms with Crippen molar-refractivity contribution in [2.75, 3.05) is 19.7 Å². The second-order valence-corrected chi connectivity index (χ2v) is 10.9. The van der Waals surface area contributed by atoms with Gasteiger partial charge in [0.2, 0.25) is 0 Å². The second-order valence-electron chi connectivity index (χ2n) is 10.5. The van der Waals surface area contributed by atoms with E-state index in [1.807, 2.05) is 22.8 Å². The van der Waals surface area contributed by atoms with Gasteiger partial charge in [-0.3, -0.25) is 4.90 Å². The van der Waals surface area contributed by atoms with Crippen molar-refractivity contribution in [3.63, 3.8) is 0 Å². The van der Waals surface area contributed by atoms with Gasteiger partial charge in [-0.05, 0) is 74.7 Å². The van der Waals surface area contributed by atoms with Crippen molar-refractivity contribution >= 4 is 22.6 Å². The molecule has 0 radical (unpaired) electrons. The number of ether oxygens (including phenoxy) is 3. The van der Waals surface area contributed by atoms with Crippen LogP contribution in [0.1, 0.15) is 48.4 Å². The van der Waals surface area contributed by atoms with Gasteiger partial charge in [0.05, 0.1) is 30.3 Å². The molecule has 0 N–H and O–H groups in total. The Labute approximate surface area is 230 Å². The van der Waals surface area contributed by atoms with Gasteiger partial charge in [0.25, 0.3) is 6.29 Å². The fourth-order valence-corrected chi connectivity index (χ4v) is 6.04. The molecule has 6 nitrogen and oxygen atoms in total. The van der Waals surface area contributed by atoms with E-state index in [-0.39, 0.29) is 17.8 Å². The summed E-state index contributed by atoms with van der Waals surface area (Å²) in [6.07, 6.45) is 2.11. The van der Waals surface area contributed by atoms with Crippen molar-refractivity contribution in [1.29, 1.82) is 0 Å². The molecule has 3 aliphatic heterocycles. The van der Waals surface area contributed by atoms with Crippen LogP contribution in [0.15, 0.2) is 54.6 Å². The van der Waals surface area contributed by atoms with E-state index in [0.29, 0.717) is 46.2 Å². The van der Waals surface area contributed by atoms with Crippen molar-refractivity contribution in [3.05, 3.63) is 88.2 Å². The van der Waals surface area contributed by atoms with Gasteiger partial charge in [-0.2, -0.15) is 0 Å². The first-order valence-corrected chi connectivity index (χ1v) is 13.8. The molecule has 4 aromatic rings. The summed E-state index contributed by atoms with van der Waals surface area (Å²) in [6, 6.07) is 15.5. The number of piperidine rings is 1. The number of hydrogen-bond acceptors (Lipinski definition) is 5. The zero-order chi connectivity index (χ0) is 26.5. The number of benzene rings is 3. The predicted octanol–water partition coefficient (Wildman–Crippen LogP) is 6.61. The molecular weight excluding hydrogens is 524 g/mol. The van der Waals surface area contributed by atoms with E-state index in [0.717, 1.165) is 50.3 Å². The molecule has 0 amide bonds. The highest BCUT2D eigenvalue weighted by atomic mass is 35.5. The largest absolute Gasteiger partial charge is 0.447 e. The van der Waals surface area contributed by atoms with Crippen LogP contribution in [0, 0.1) is 11.6 Å². The SMILES string of the molecule is Fc1cc(Cl)ccc1[C@H]1Oc2cccc(C3CCN(Cc4nc5cccc(F)c5n4C[C@@H]4CCO4)CC3)c2O1. The molecule has 4 heterocycles. The van der Waals surface area contributed by atoms with Crippen LogP contribution < -0.4 is 9.47 Å². The number of rotatable bonds is 6. The maximum Gasteiger partial charge on any atom is 0.270 e.